The second-order valence-corrected chi connectivity index (χ2v) is 15.6. The van der Waals surface area contributed by atoms with Gasteiger partial charge in [-0.2, -0.15) is 0 Å². The van der Waals surface area contributed by atoms with Crippen molar-refractivity contribution in [1.29, 1.82) is 0 Å². The molecule has 1 saturated heterocycles. The molecule has 4 aliphatic heterocycles. The average molecular weight is 787 g/mol. The number of nitrogens with zero attached hydrogens (tertiary/aromatic N) is 4. The number of aliphatic imine (C=N–C) groups is 2. The van der Waals surface area contributed by atoms with Crippen molar-refractivity contribution >= 4 is 99.3 Å². The maximum Gasteiger partial charge on any atom is 0.304 e. The first-order valence-corrected chi connectivity index (χ1v) is 16.8. The van der Waals surface area contributed by atoms with E-state index in [-0.39, 0.29) is 30.1 Å². The zero-order valence-corrected chi connectivity index (χ0v) is 30.4. The summed E-state index contributed by atoms with van der Waals surface area (Å²) in [5, 5.41) is 14.7. The van der Waals surface area contributed by atoms with Gasteiger partial charge < -0.3 is 26.4 Å². The first-order chi connectivity index (χ1) is 22.3. The molecule has 1 aromatic rings. The lowest BCUT2D eigenvalue weighted by atomic mass is 9.91. The minimum Gasteiger partial charge on any atom is -0.438 e. The van der Waals surface area contributed by atoms with Crippen LogP contribution in [-0.2, 0) is 19.1 Å². The third-order valence-corrected chi connectivity index (χ3v) is 8.68. The Morgan fingerprint density at radius 2 is 1.62 bits per heavy atom. The zero-order valence-electron chi connectivity index (χ0n) is 25.9. The molecule has 7 N–H and O–H groups in total. The predicted octanol–water partition coefficient (Wildman–Crippen LogP) is 3.14. The topological polar surface area (TPSA) is 180 Å². The number of ether oxygens (including phenoxy) is 1. The third kappa shape index (κ3) is 7.89. The number of hydrogen-bond acceptors (Lipinski definition) is 11. The first-order valence-electron chi connectivity index (χ1n) is 14.5. The van der Waals surface area contributed by atoms with Crippen LogP contribution in [0.25, 0.3) is 0 Å². The molecule has 0 aliphatic carbocycles. The largest absolute Gasteiger partial charge is 0.438 e. The summed E-state index contributed by atoms with van der Waals surface area (Å²) in [7, 11) is 0. The number of halogens is 6. The SMILES string of the molecule is C=C(N)N[C@@H]1c2cccn2C(NC(=O)C(Cl)(Cl)Cl)=N[C@H]1CC.C=C1N[C@H]2[C@H](CC)N=C(NC(=O)C(Cl)(Cl)Cl)N3C(OC(C)=O)C=CC23N1. The Hall–Kier alpha value is -3.01. The molecule has 20 heteroatoms. The molecule has 5 rings (SSSR count). The lowest BCUT2D eigenvalue weighted by Gasteiger charge is -2.47. The number of carbonyl (C=O) groups is 3. The normalized spacial score (nSPS) is 27.0. The molecular formula is C28H34Cl6N10O4. The molecule has 5 heterocycles. The second-order valence-electron chi connectivity index (χ2n) is 11.0. The van der Waals surface area contributed by atoms with Gasteiger partial charge in [0, 0.05) is 13.1 Å². The van der Waals surface area contributed by atoms with Gasteiger partial charge in [-0.05, 0) is 37.1 Å². The van der Waals surface area contributed by atoms with E-state index in [1.165, 1.54) is 6.92 Å². The van der Waals surface area contributed by atoms with Crippen LogP contribution < -0.4 is 32.3 Å². The van der Waals surface area contributed by atoms with Crippen molar-refractivity contribution in [2.24, 2.45) is 15.7 Å². The Kier molecular flexibility index (Phi) is 11.4. The van der Waals surface area contributed by atoms with Crippen LogP contribution in [0.2, 0.25) is 0 Å². The van der Waals surface area contributed by atoms with Crippen molar-refractivity contribution in [3.8, 4) is 0 Å². The number of alkyl halides is 6. The van der Waals surface area contributed by atoms with E-state index in [1.54, 1.807) is 21.7 Å². The van der Waals surface area contributed by atoms with Gasteiger partial charge in [-0.3, -0.25) is 34.5 Å². The van der Waals surface area contributed by atoms with E-state index in [4.69, 9.17) is 80.1 Å². The molecule has 4 aliphatic rings. The number of guanidine groups is 1. The van der Waals surface area contributed by atoms with Crippen LogP contribution in [0, 0.1) is 0 Å². The van der Waals surface area contributed by atoms with Crippen molar-refractivity contribution in [2.45, 2.75) is 77.3 Å². The Balaban J connectivity index is 0.000000220. The van der Waals surface area contributed by atoms with E-state index >= 15 is 0 Å². The molecule has 48 heavy (non-hydrogen) atoms. The molecule has 2 amide bonds. The molecule has 1 spiro atoms. The number of aromatic nitrogens is 1. The summed E-state index contributed by atoms with van der Waals surface area (Å²) in [4.78, 5) is 46.3. The van der Waals surface area contributed by atoms with Crippen LogP contribution in [0.1, 0.15) is 45.3 Å². The van der Waals surface area contributed by atoms with E-state index in [0.29, 0.717) is 24.0 Å². The molecule has 0 bridgehead atoms. The molecule has 1 fully saturated rings. The van der Waals surface area contributed by atoms with Gasteiger partial charge in [0.15, 0.2) is 11.9 Å². The average Bonchev–Trinajstić information content (AvgIpc) is 3.69. The van der Waals surface area contributed by atoms with E-state index in [2.05, 4.69) is 49.7 Å². The van der Waals surface area contributed by atoms with Crippen LogP contribution in [-0.4, -0.2) is 76.8 Å². The molecule has 0 aromatic carbocycles. The van der Waals surface area contributed by atoms with Gasteiger partial charge in [0.2, 0.25) is 11.9 Å². The molecular weight excluding hydrogens is 753 g/mol. The molecule has 6 atom stereocenters. The zero-order chi connectivity index (χ0) is 35.8. The van der Waals surface area contributed by atoms with Gasteiger partial charge in [-0.15, -0.1) is 0 Å². The number of rotatable bonds is 5. The van der Waals surface area contributed by atoms with E-state index in [1.807, 2.05) is 32.1 Å². The minimum absolute atomic E-state index is 0.143. The van der Waals surface area contributed by atoms with Crippen molar-refractivity contribution in [3.05, 3.63) is 61.0 Å². The van der Waals surface area contributed by atoms with Crippen LogP contribution in [0.4, 0.5) is 0 Å². The number of nitrogens with one attached hydrogen (secondary N) is 5. The summed E-state index contributed by atoms with van der Waals surface area (Å²) in [6.07, 6.45) is 5.94. The van der Waals surface area contributed by atoms with Crippen LogP contribution in [0.3, 0.4) is 0 Å². The highest BCUT2D eigenvalue weighted by Crippen LogP contribution is 2.40. The molecule has 1 aromatic heterocycles. The smallest absolute Gasteiger partial charge is 0.304 e. The van der Waals surface area contributed by atoms with Crippen LogP contribution in [0.5, 0.6) is 0 Å². The van der Waals surface area contributed by atoms with E-state index < -0.39 is 37.3 Å². The van der Waals surface area contributed by atoms with Crippen LogP contribution >= 0.6 is 69.6 Å². The number of hydrogen-bond donors (Lipinski definition) is 6. The van der Waals surface area contributed by atoms with Crippen molar-refractivity contribution < 1.29 is 19.1 Å². The van der Waals surface area contributed by atoms with E-state index in [9.17, 15) is 14.4 Å². The molecule has 0 radical (unpaired) electrons. The van der Waals surface area contributed by atoms with Crippen LogP contribution in [0.15, 0.2) is 65.3 Å². The predicted molar refractivity (Wildman–Crippen MR) is 187 cm³/mol. The first kappa shape index (κ1) is 37.8. The highest BCUT2D eigenvalue weighted by atomic mass is 35.6. The quantitative estimate of drug-likeness (QED) is 0.149. The van der Waals surface area contributed by atoms with Gasteiger partial charge in [0.25, 0.3) is 19.4 Å². The number of amides is 2. The minimum atomic E-state index is -2.16. The number of fused-ring (bicyclic) bond motifs is 1. The van der Waals surface area contributed by atoms with Gasteiger partial charge in [0.05, 0.1) is 41.5 Å². The van der Waals surface area contributed by atoms with E-state index in [0.717, 1.165) is 12.1 Å². The maximum absolute atomic E-state index is 12.2. The Morgan fingerprint density at radius 1 is 1.04 bits per heavy atom. The second kappa shape index (κ2) is 14.5. The van der Waals surface area contributed by atoms with Crippen molar-refractivity contribution in [3.63, 3.8) is 0 Å². The third-order valence-electron chi connectivity index (χ3n) is 7.65. The summed E-state index contributed by atoms with van der Waals surface area (Å²) in [5.41, 5.74) is 5.71. The fourth-order valence-electron chi connectivity index (χ4n) is 5.74. The lowest BCUT2D eigenvalue weighted by Crippen LogP contribution is -2.71. The summed E-state index contributed by atoms with van der Waals surface area (Å²) in [6.45, 7) is 12.8. The van der Waals surface area contributed by atoms with Gasteiger partial charge in [0.1, 0.15) is 0 Å². The number of carbonyl (C=O) groups excluding carboxylic acids is 3. The molecule has 2 unspecified atom stereocenters. The Labute approximate surface area is 307 Å². The fourth-order valence-corrected chi connectivity index (χ4v) is 6.02. The van der Waals surface area contributed by atoms with Gasteiger partial charge in [-0.25, -0.2) is 9.98 Å². The number of nitrogens with two attached hydrogens (primary N) is 1. The molecule has 14 nitrogen and oxygen atoms in total. The maximum atomic E-state index is 12.2. The van der Waals surface area contributed by atoms with Crippen molar-refractivity contribution in [2.75, 3.05) is 0 Å². The summed E-state index contributed by atoms with van der Waals surface area (Å²) in [5.74, 6) is -0.713. The monoisotopic (exact) mass is 784 g/mol. The van der Waals surface area contributed by atoms with Gasteiger partial charge >= 0.3 is 5.97 Å². The summed E-state index contributed by atoms with van der Waals surface area (Å²) >= 11 is 33.8. The fraction of sp³-hybridized carbons (Fsp3) is 0.464. The lowest BCUT2D eigenvalue weighted by molar-refractivity contribution is -0.151. The Bertz CT molecular complexity index is 1570. The standard InChI is InChI=1S/C15H18Cl3N5O3.C13H16Cl3N5O/c1-4-9-11-14(22-7(2)19-11)6-5-10(26-8(3)24)23(14)13(20-9)21-12(25)15(16,17)18;1-3-8-10(18-7(2)17)9-5-4-6-21(9)12(19-8)20-11(22)13(14,15)16/h5-6,9-11,19,22H,2,4H2,1,3H3,(H,20,21,25);4-6,8,10,18H,2-3,17H2,1H3,(H,19,20,22)/t9-,10?,11-,14?;8-,10-/m00/s1. The molecule has 262 valence electrons. The van der Waals surface area contributed by atoms with Gasteiger partial charge in [-0.1, -0.05) is 96.6 Å². The van der Waals surface area contributed by atoms with Crippen molar-refractivity contribution in [1.82, 2.24) is 36.1 Å². The highest BCUT2D eigenvalue weighted by molar-refractivity contribution is 6.77. The number of esters is 1. The highest BCUT2D eigenvalue weighted by Gasteiger charge is 2.59. The summed E-state index contributed by atoms with van der Waals surface area (Å²) in [6, 6.07) is 3.05. The summed E-state index contributed by atoms with van der Waals surface area (Å²) < 4.78 is 2.85. The Morgan fingerprint density at radius 3 is 2.17 bits per heavy atom. The molecule has 0 saturated carbocycles.